The zero-order chi connectivity index (χ0) is 20.2. The Kier molecular flexibility index (Phi) is 5.30. The van der Waals surface area contributed by atoms with Crippen LogP contribution in [-0.2, 0) is 4.74 Å². The molecule has 0 saturated heterocycles. The van der Waals surface area contributed by atoms with E-state index in [1.54, 1.807) is 12.1 Å². The molecule has 0 saturated carbocycles. The van der Waals surface area contributed by atoms with E-state index in [0.29, 0.717) is 5.56 Å². The molecular weight excluding hydrogens is 358 g/mol. The van der Waals surface area contributed by atoms with Gasteiger partial charge in [-0.3, -0.25) is 0 Å². The predicted octanol–water partition coefficient (Wildman–Crippen LogP) is 6.30. The molecule has 0 heterocycles. The number of hydrogen-bond acceptors (Lipinski definition) is 3. The summed E-state index contributed by atoms with van der Waals surface area (Å²) in [5.41, 5.74) is 3.94. The summed E-state index contributed by atoms with van der Waals surface area (Å²) in [6.07, 6.45) is 2.12. The molecule has 0 aliphatic heterocycles. The highest BCUT2D eigenvalue weighted by molar-refractivity contribution is 6.03. The van der Waals surface area contributed by atoms with Crippen LogP contribution in [-0.4, -0.2) is 19.6 Å². The molecule has 0 atom stereocenters. The fourth-order valence-electron chi connectivity index (χ4n) is 3.52. The molecule has 0 aliphatic carbocycles. The van der Waals surface area contributed by atoms with Gasteiger partial charge < -0.3 is 10.1 Å². The second-order valence-corrected chi connectivity index (χ2v) is 7.18. The van der Waals surface area contributed by atoms with Crippen LogP contribution in [0.25, 0.3) is 27.6 Å². The Morgan fingerprint density at radius 2 is 1.59 bits per heavy atom. The summed E-state index contributed by atoms with van der Waals surface area (Å²) in [6.45, 7) is 2.84. The number of carbonyl (C=O) groups is 1. The standard InChI is InChI=1S/C26H23NO2/c1-18(14-19-10-12-20(13-11-19)26(28)29-2)17-27-25-9-5-8-23-15-21-6-3-4-7-22(21)16-24(23)25/h3-16,27H,17H2,1-2H3. The van der Waals surface area contributed by atoms with E-state index in [9.17, 15) is 4.79 Å². The first-order chi connectivity index (χ1) is 14.1. The fourth-order valence-corrected chi connectivity index (χ4v) is 3.52. The first-order valence-electron chi connectivity index (χ1n) is 9.65. The molecule has 0 unspecified atom stereocenters. The van der Waals surface area contributed by atoms with Crippen LogP contribution in [0, 0.1) is 0 Å². The minimum Gasteiger partial charge on any atom is -0.465 e. The number of hydrogen-bond donors (Lipinski definition) is 1. The third-order valence-corrected chi connectivity index (χ3v) is 5.05. The highest BCUT2D eigenvalue weighted by Crippen LogP contribution is 2.28. The van der Waals surface area contributed by atoms with Gasteiger partial charge in [-0.1, -0.05) is 60.2 Å². The molecule has 0 radical (unpaired) electrons. The lowest BCUT2D eigenvalue weighted by atomic mass is 10.0. The van der Waals surface area contributed by atoms with E-state index in [4.69, 9.17) is 4.74 Å². The monoisotopic (exact) mass is 381 g/mol. The summed E-state index contributed by atoms with van der Waals surface area (Å²) in [6, 6.07) is 26.7. The summed E-state index contributed by atoms with van der Waals surface area (Å²) < 4.78 is 4.74. The number of esters is 1. The smallest absolute Gasteiger partial charge is 0.337 e. The van der Waals surface area contributed by atoms with Crippen LogP contribution in [0.3, 0.4) is 0 Å². The lowest BCUT2D eigenvalue weighted by Gasteiger charge is -2.11. The van der Waals surface area contributed by atoms with Gasteiger partial charge in [-0.15, -0.1) is 0 Å². The zero-order valence-electron chi connectivity index (χ0n) is 16.6. The van der Waals surface area contributed by atoms with Crippen LogP contribution < -0.4 is 5.32 Å². The van der Waals surface area contributed by atoms with E-state index >= 15 is 0 Å². The van der Waals surface area contributed by atoms with Crippen molar-refractivity contribution in [2.75, 3.05) is 19.0 Å². The Morgan fingerprint density at radius 3 is 2.31 bits per heavy atom. The SMILES string of the molecule is COC(=O)c1ccc(C=C(C)CNc2cccc3cc4ccccc4cc23)cc1. The first kappa shape index (κ1) is 18.8. The summed E-state index contributed by atoms with van der Waals surface area (Å²) in [7, 11) is 1.39. The number of fused-ring (bicyclic) bond motifs is 2. The van der Waals surface area contributed by atoms with Gasteiger partial charge in [-0.25, -0.2) is 4.79 Å². The Hall–Kier alpha value is -3.59. The maximum absolute atomic E-state index is 11.5. The molecule has 1 N–H and O–H groups in total. The minimum absolute atomic E-state index is 0.317. The Bertz CT molecular complexity index is 1210. The number of carbonyl (C=O) groups excluding carboxylic acids is 1. The maximum Gasteiger partial charge on any atom is 0.337 e. The normalized spacial score (nSPS) is 11.6. The predicted molar refractivity (Wildman–Crippen MR) is 121 cm³/mol. The van der Waals surface area contributed by atoms with E-state index in [1.807, 2.05) is 12.1 Å². The second kappa shape index (κ2) is 8.19. The molecule has 144 valence electrons. The number of benzene rings is 4. The quantitative estimate of drug-likeness (QED) is 0.326. The summed E-state index contributed by atoms with van der Waals surface area (Å²) in [4.78, 5) is 11.5. The molecule has 29 heavy (non-hydrogen) atoms. The van der Waals surface area contributed by atoms with Gasteiger partial charge in [0.15, 0.2) is 0 Å². The molecule has 3 heteroatoms. The maximum atomic E-state index is 11.5. The molecule has 4 aromatic rings. The molecule has 0 aromatic heterocycles. The van der Waals surface area contributed by atoms with Gasteiger partial charge >= 0.3 is 5.97 Å². The zero-order valence-corrected chi connectivity index (χ0v) is 16.6. The third-order valence-electron chi connectivity index (χ3n) is 5.05. The van der Waals surface area contributed by atoms with Crippen molar-refractivity contribution in [3.05, 3.63) is 95.6 Å². The van der Waals surface area contributed by atoms with Crippen LogP contribution in [0.2, 0.25) is 0 Å². The van der Waals surface area contributed by atoms with Crippen molar-refractivity contribution in [3.8, 4) is 0 Å². The van der Waals surface area contributed by atoms with Gasteiger partial charge in [0, 0.05) is 17.6 Å². The fraction of sp³-hybridized carbons (Fsp3) is 0.115. The molecule has 4 rings (SSSR count). The van der Waals surface area contributed by atoms with Gasteiger partial charge in [0.25, 0.3) is 0 Å². The van der Waals surface area contributed by atoms with Crippen molar-refractivity contribution < 1.29 is 9.53 Å². The van der Waals surface area contributed by atoms with Crippen LogP contribution in [0.1, 0.15) is 22.8 Å². The third kappa shape index (κ3) is 4.14. The van der Waals surface area contributed by atoms with E-state index in [-0.39, 0.29) is 5.97 Å². The lowest BCUT2D eigenvalue weighted by Crippen LogP contribution is -2.03. The van der Waals surface area contributed by atoms with E-state index in [1.165, 1.54) is 34.2 Å². The van der Waals surface area contributed by atoms with Gasteiger partial charge in [0.05, 0.1) is 12.7 Å². The highest BCUT2D eigenvalue weighted by Gasteiger charge is 2.05. The lowest BCUT2D eigenvalue weighted by molar-refractivity contribution is 0.0600. The molecule has 0 spiro atoms. The van der Waals surface area contributed by atoms with Crippen LogP contribution in [0.4, 0.5) is 5.69 Å². The van der Waals surface area contributed by atoms with Crippen LogP contribution >= 0.6 is 0 Å². The Morgan fingerprint density at radius 1 is 0.897 bits per heavy atom. The van der Waals surface area contributed by atoms with Crippen molar-refractivity contribution >= 4 is 39.3 Å². The van der Waals surface area contributed by atoms with Crippen molar-refractivity contribution in [1.29, 1.82) is 0 Å². The van der Waals surface area contributed by atoms with Gasteiger partial charge in [-0.05, 0) is 59.0 Å². The average molecular weight is 381 g/mol. The van der Waals surface area contributed by atoms with Gasteiger partial charge in [0.2, 0.25) is 0 Å². The highest BCUT2D eigenvalue weighted by atomic mass is 16.5. The van der Waals surface area contributed by atoms with Crippen molar-refractivity contribution in [2.45, 2.75) is 6.92 Å². The number of rotatable bonds is 5. The molecular formula is C26H23NO2. The molecule has 0 aliphatic rings. The molecule has 3 nitrogen and oxygen atoms in total. The number of methoxy groups -OCH3 is 1. The van der Waals surface area contributed by atoms with E-state index < -0.39 is 0 Å². The van der Waals surface area contributed by atoms with Crippen LogP contribution in [0.5, 0.6) is 0 Å². The molecule has 0 bridgehead atoms. The minimum atomic E-state index is -0.317. The number of anilines is 1. The van der Waals surface area contributed by atoms with Gasteiger partial charge in [-0.2, -0.15) is 0 Å². The van der Waals surface area contributed by atoms with Crippen LogP contribution in [0.15, 0.2) is 84.4 Å². The van der Waals surface area contributed by atoms with Crippen molar-refractivity contribution in [1.82, 2.24) is 0 Å². The first-order valence-corrected chi connectivity index (χ1v) is 9.65. The Labute approximate surface area is 170 Å². The summed E-state index contributed by atoms with van der Waals surface area (Å²) in [5.74, 6) is -0.317. The Balaban J connectivity index is 1.53. The molecule has 4 aromatic carbocycles. The average Bonchev–Trinajstić information content (AvgIpc) is 2.76. The molecule has 0 fully saturated rings. The van der Waals surface area contributed by atoms with Gasteiger partial charge in [0.1, 0.15) is 0 Å². The summed E-state index contributed by atoms with van der Waals surface area (Å²) in [5, 5.41) is 8.52. The van der Waals surface area contributed by atoms with Crippen molar-refractivity contribution in [3.63, 3.8) is 0 Å². The number of ether oxygens (including phenoxy) is 1. The second-order valence-electron chi connectivity index (χ2n) is 7.18. The number of nitrogens with one attached hydrogen (secondary N) is 1. The molecule has 0 amide bonds. The van der Waals surface area contributed by atoms with E-state index in [2.05, 4.69) is 72.9 Å². The van der Waals surface area contributed by atoms with Crippen molar-refractivity contribution in [2.24, 2.45) is 0 Å². The topological polar surface area (TPSA) is 38.3 Å². The largest absolute Gasteiger partial charge is 0.465 e. The van der Waals surface area contributed by atoms with E-state index in [0.717, 1.165) is 17.8 Å². The summed E-state index contributed by atoms with van der Waals surface area (Å²) >= 11 is 0.